The summed E-state index contributed by atoms with van der Waals surface area (Å²) in [6.45, 7) is 0. The van der Waals surface area contributed by atoms with Gasteiger partial charge >= 0.3 is 0 Å². The van der Waals surface area contributed by atoms with Crippen molar-refractivity contribution < 1.29 is 19.8 Å². The van der Waals surface area contributed by atoms with E-state index in [0.29, 0.717) is 11.3 Å². The number of benzene rings is 2. The normalized spacial score (nSPS) is 10.6. The van der Waals surface area contributed by atoms with Crippen LogP contribution in [0.2, 0.25) is 0 Å². The van der Waals surface area contributed by atoms with E-state index in [1.807, 2.05) is 0 Å². The minimum absolute atomic E-state index is 0.0158. The van der Waals surface area contributed by atoms with Gasteiger partial charge in [-0.3, -0.25) is 9.59 Å². The van der Waals surface area contributed by atoms with Crippen LogP contribution in [-0.2, 0) is 9.59 Å². The average molecular weight is 406 g/mol. The molecule has 0 bridgehead atoms. The van der Waals surface area contributed by atoms with Gasteiger partial charge in [-0.15, -0.1) is 0 Å². The lowest BCUT2D eigenvalue weighted by atomic mass is 10.2. The number of hydrogen-bond acceptors (Lipinski definition) is 5. The van der Waals surface area contributed by atoms with Crippen LogP contribution >= 0.6 is 15.9 Å². The van der Waals surface area contributed by atoms with E-state index in [1.54, 1.807) is 24.3 Å². The van der Waals surface area contributed by atoms with Crippen molar-refractivity contribution in [1.82, 2.24) is 5.43 Å². The lowest BCUT2D eigenvalue weighted by Gasteiger charge is -2.05. The number of carbonyl (C=O) groups is 2. The lowest BCUT2D eigenvalue weighted by Crippen LogP contribution is -2.20. The van der Waals surface area contributed by atoms with Crippen LogP contribution in [0.3, 0.4) is 0 Å². The fourth-order valence-corrected chi connectivity index (χ4v) is 2.12. The smallest absolute Gasteiger partial charge is 0.240 e. The summed E-state index contributed by atoms with van der Waals surface area (Å²) in [6.07, 6.45) is 1.23. The van der Waals surface area contributed by atoms with Crippen molar-refractivity contribution in [3.8, 4) is 11.5 Å². The van der Waals surface area contributed by atoms with Crippen molar-refractivity contribution in [3.63, 3.8) is 0 Å². The molecule has 0 fully saturated rings. The largest absolute Gasteiger partial charge is 0.508 e. The van der Waals surface area contributed by atoms with Crippen LogP contribution in [0.4, 0.5) is 5.69 Å². The standard InChI is InChI=1S/C17H16BrN3O4/c18-12-2-4-13(5-3-12)20-16(24)7-8-17(25)21-19-10-11-1-6-14(22)9-15(11)23/h1-6,9-10,22-23H,7-8H2,(H,20,24)(H,21,25). The van der Waals surface area contributed by atoms with E-state index in [1.165, 1.54) is 18.3 Å². The zero-order valence-electron chi connectivity index (χ0n) is 13.1. The third-order valence-electron chi connectivity index (χ3n) is 3.11. The van der Waals surface area contributed by atoms with Crippen LogP contribution in [0.1, 0.15) is 18.4 Å². The molecule has 0 aliphatic rings. The van der Waals surface area contributed by atoms with Gasteiger partial charge in [-0.05, 0) is 36.4 Å². The maximum absolute atomic E-state index is 11.8. The summed E-state index contributed by atoms with van der Waals surface area (Å²) in [5, 5.41) is 25.1. The Kier molecular flexibility index (Phi) is 6.53. The zero-order valence-corrected chi connectivity index (χ0v) is 14.7. The number of nitrogens with one attached hydrogen (secondary N) is 2. The number of rotatable bonds is 6. The second-order valence-electron chi connectivity index (χ2n) is 5.09. The van der Waals surface area contributed by atoms with Gasteiger partial charge in [0.15, 0.2) is 0 Å². The number of hydrazone groups is 1. The minimum atomic E-state index is -0.430. The van der Waals surface area contributed by atoms with E-state index in [-0.39, 0.29) is 30.2 Å². The fourth-order valence-electron chi connectivity index (χ4n) is 1.85. The summed E-state index contributed by atoms with van der Waals surface area (Å²) in [7, 11) is 0. The molecule has 2 aromatic carbocycles. The van der Waals surface area contributed by atoms with Gasteiger partial charge in [-0.2, -0.15) is 5.10 Å². The number of nitrogens with zero attached hydrogens (tertiary/aromatic N) is 1. The third kappa shape index (κ3) is 6.27. The summed E-state index contributed by atoms with van der Waals surface area (Å²) in [5.74, 6) is -0.944. The molecule has 0 atom stereocenters. The number of anilines is 1. The number of phenols is 2. The quantitative estimate of drug-likeness (QED) is 0.437. The summed E-state index contributed by atoms with van der Waals surface area (Å²) in [5.41, 5.74) is 3.26. The summed E-state index contributed by atoms with van der Waals surface area (Å²) in [6, 6.07) is 11.1. The van der Waals surface area contributed by atoms with Gasteiger partial charge in [0, 0.05) is 34.6 Å². The second kappa shape index (κ2) is 8.84. The van der Waals surface area contributed by atoms with Crippen molar-refractivity contribution >= 4 is 39.6 Å². The summed E-state index contributed by atoms with van der Waals surface area (Å²) in [4.78, 5) is 23.4. The molecule has 0 aliphatic heterocycles. The molecule has 0 saturated carbocycles. The van der Waals surface area contributed by atoms with Crippen LogP contribution in [0.25, 0.3) is 0 Å². The van der Waals surface area contributed by atoms with Gasteiger partial charge in [-0.25, -0.2) is 5.43 Å². The van der Waals surface area contributed by atoms with E-state index in [0.717, 1.165) is 10.5 Å². The molecule has 0 aliphatic carbocycles. The summed E-state index contributed by atoms with van der Waals surface area (Å²) >= 11 is 3.30. The van der Waals surface area contributed by atoms with Crippen molar-refractivity contribution in [2.75, 3.05) is 5.32 Å². The Labute approximate surface area is 152 Å². The molecule has 0 unspecified atom stereocenters. The van der Waals surface area contributed by atoms with Crippen LogP contribution in [0, 0.1) is 0 Å². The number of hydrogen-bond donors (Lipinski definition) is 4. The molecule has 0 radical (unpaired) electrons. The predicted octanol–water partition coefficient (Wildman–Crippen LogP) is 2.73. The first kappa shape index (κ1) is 18.5. The van der Waals surface area contributed by atoms with Crippen molar-refractivity contribution in [1.29, 1.82) is 0 Å². The number of amides is 2. The Hall–Kier alpha value is -2.87. The number of halogens is 1. The molecule has 2 rings (SSSR count). The van der Waals surface area contributed by atoms with E-state index in [4.69, 9.17) is 0 Å². The minimum Gasteiger partial charge on any atom is -0.508 e. The van der Waals surface area contributed by atoms with E-state index in [2.05, 4.69) is 31.8 Å². The molecule has 0 heterocycles. The van der Waals surface area contributed by atoms with Crippen LogP contribution in [-0.4, -0.2) is 28.2 Å². The SMILES string of the molecule is O=C(CCC(=O)Nc1ccc(Br)cc1)NN=Cc1ccc(O)cc1O. The third-order valence-corrected chi connectivity index (χ3v) is 3.64. The van der Waals surface area contributed by atoms with Gasteiger partial charge in [0.25, 0.3) is 0 Å². The molecular formula is C17H16BrN3O4. The number of carbonyl (C=O) groups excluding carboxylic acids is 2. The fraction of sp³-hybridized carbons (Fsp3) is 0.118. The Morgan fingerprint density at radius 1 is 1.04 bits per heavy atom. The van der Waals surface area contributed by atoms with Gasteiger partial charge < -0.3 is 15.5 Å². The highest BCUT2D eigenvalue weighted by Gasteiger charge is 2.07. The Morgan fingerprint density at radius 3 is 2.40 bits per heavy atom. The Bertz CT molecular complexity index is 791. The highest BCUT2D eigenvalue weighted by molar-refractivity contribution is 9.10. The first-order chi connectivity index (χ1) is 11.9. The van der Waals surface area contributed by atoms with Gasteiger partial charge in [0.1, 0.15) is 11.5 Å². The van der Waals surface area contributed by atoms with Gasteiger partial charge in [0.2, 0.25) is 11.8 Å². The maximum atomic E-state index is 11.8. The molecule has 2 amide bonds. The topological polar surface area (TPSA) is 111 Å². The highest BCUT2D eigenvalue weighted by atomic mass is 79.9. The first-order valence-electron chi connectivity index (χ1n) is 7.33. The van der Waals surface area contributed by atoms with Crippen molar-refractivity contribution in [2.45, 2.75) is 12.8 Å². The number of phenolic OH excluding ortho intramolecular Hbond substituents is 2. The van der Waals surface area contributed by atoms with Gasteiger partial charge in [-0.1, -0.05) is 15.9 Å². The molecule has 2 aromatic rings. The Morgan fingerprint density at radius 2 is 1.72 bits per heavy atom. The molecule has 25 heavy (non-hydrogen) atoms. The molecule has 130 valence electrons. The highest BCUT2D eigenvalue weighted by Crippen LogP contribution is 2.20. The first-order valence-corrected chi connectivity index (χ1v) is 8.12. The predicted molar refractivity (Wildman–Crippen MR) is 97.5 cm³/mol. The molecule has 7 nitrogen and oxygen atoms in total. The monoisotopic (exact) mass is 405 g/mol. The van der Waals surface area contributed by atoms with E-state index >= 15 is 0 Å². The van der Waals surface area contributed by atoms with E-state index < -0.39 is 5.91 Å². The van der Waals surface area contributed by atoms with Crippen LogP contribution in [0.5, 0.6) is 11.5 Å². The summed E-state index contributed by atoms with van der Waals surface area (Å²) < 4.78 is 0.905. The van der Waals surface area contributed by atoms with Crippen molar-refractivity contribution in [2.24, 2.45) is 5.10 Å². The molecule has 0 aromatic heterocycles. The number of aromatic hydroxyl groups is 2. The maximum Gasteiger partial charge on any atom is 0.240 e. The van der Waals surface area contributed by atoms with Gasteiger partial charge in [0.05, 0.1) is 6.21 Å². The average Bonchev–Trinajstić information content (AvgIpc) is 2.57. The zero-order chi connectivity index (χ0) is 18.2. The van der Waals surface area contributed by atoms with Crippen LogP contribution < -0.4 is 10.7 Å². The Balaban J connectivity index is 1.75. The second-order valence-corrected chi connectivity index (χ2v) is 6.01. The molecule has 8 heteroatoms. The van der Waals surface area contributed by atoms with Crippen molar-refractivity contribution in [3.05, 3.63) is 52.5 Å². The van der Waals surface area contributed by atoms with Crippen LogP contribution in [0.15, 0.2) is 52.0 Å². The molecular weight excluding hydrogens is 390 g/mol. The molecule has 0 spiro atoms. The lowest BCUT2D eigenvalue weighted by molar-refractivity contribution is -0.124. The molecule has 4 N–H and O–H groups in total. The van der Waals surface area contributed by atoms with E-state index in [9.17, 15) is 19.8 Å². The molecule has 0 saturated heterocycles.